The third kappa shape index (κ3) is 2.65. The third-order valence-corrected chi connectivity index (χ3v) is 3.47. The van der Waals surface area contributed by atoms with Crippen LogP contribution < -0.4 is 11.1 Å². The maximum Gasteiger partial charge on any atom is 0.250 e. The van der Waals surface area contributed by atoms with Crippen LogP contribution in [0.1, 0.15) is 19.3 Å². The Balaban J connectivity index is 1.85. The minimum atomic E-state index is -2.29. The van der Waals surface area contributed by atoms with Crippen molar-refractivity contribution in [1.29, 1.82) is 0 Å². The van der Waals surface area contributed by atoms with Crippen molar-refractivity contribution in [2.75, 3.05) is 26.2 Å². The highest BCUT2D eigenvalue weighted by Crippen LogP contribution is 2.33. The lowest BCUT2D eigenvalue weighted by Gasteiger charge is -2.29. The zero-order valence-electron chi connectivity index (χ0n) is 8.88. The fraction of sp³-hybridized carbons (Fsp3) is 1.00. The Labute approximate surface area is 89.0 Å². The smallest absolute Gasteiger partial charge is 0.250 e. The van der Waals surface area contributed by atoms with Crippen LogP contribution in [0.2, 0.25) is 0 Å². The first-order valence-corrected chi connectivity index (χ1v) is 5.62. The van der Waals surface area contributed by atoms with Crippen molar-refractivity contribution in [3.05, 3.63) is 0 Å². The molecule has 5 heteroatoms. The summed E-state index contributed by atoms with van der Waals surface area (Å²) in [6.07, 6.45) is 1.13. The second-order valence-electron chi connectivity index (χ2n) is 4.71. The number of nitrogens with zero attached hydrogens (tertiary/aromatic N) is 1. The lowest BCUT2D eigenvalue weighted by molar-refractivity contribution is 0.129. The van der Waals surface area contributed by atoms with Gasteiger partial charge in [0.2, 0.25) is 0 Å². The molecule has 1 aliphatic heterocycles. The highest BCUT2D eigenvalue weighted by atomic mass is 19.3. The molecule has 1 atom stereocenters. The number of likely N-dealkylation sites (tertiary alicyclic amines) is 1. The van der Waals surface area contributed by atoms with E-state index in [9.17, 15) is 8.78 Å². The first-order chi connectivity index (χ1) is 7.15. The zero-order chi connectivity index (χ0) is 10.9. The Morgan fingerprint density at radius 1 is 1.47 bits per heavy atom. The van der Waals surface area contributed by atoms with E-state index in [-0.39, 0.29) is 12.1 Å². The summed E-state index contributed by atoms with van der Waals surface area (Å²) in [7, 11) is 0. The van der Waals surface area contributed by atoms with E-state index in [0.717, 1.165) is 19.5 Å². The first-order valence-electron chi connectivity index (χ1n) is 5.62. The SMILES string of the molecule is NCC1(NCC(F)F)CCN(C2CC2)C1. The lowest BCUT2D eigenvalue weighted by Crippen LogP contribution is -2.54. The van der Waals surface area contributed by atoms with Crippen molar-refractivity contribution in [2.45, 2.75) is 37.3 Å². The summed E-state index contributed by atoms with van der Waals surface area (Å²) >= 11 is 0. The van der Waals surface area contributed by atoms with Crippen LogP contribution in [0.15, 0.2) is 0 Å². The highest BCUT2D eigenvalue weighted by Gasteiger charge is 2.42. The molecule has 1 aliphatic carbocycles. The van der Waals surface area contributed by atoms with Crippen LogP contribution in [-0.2, 0) is 0 Å². The molecule has 3 N–H and O–H groups in total. The minimum absolute atomic E-state index is 0.240. The molecule has 3 nitrogen and oxygen atoms in total. The summed E-state index contributed by atoms with van der Waals surface area (Å²) in [5.74, 6) is 0. The predicted octanol–water partition coefficient (Wildman–Crippen LogP) is 0.407. The molecular weight excluding hydrogens is 200 g/mol. The van der Waals surface area contributed by atoms with Crippen LogP contribution in [0.25, 0.3) is 0 Å². The number of nitrogens with one attached hydrogen (secondary N) is 1. The number of nitrogens with two attached hydrogens (primary N) is 1. The molecule has 2 rings (SSSR count). The number of hydrogen-bond donors (Lipinski definition) is 2. The van der Waals surface area contributed by atoms with Gasteiger partial charge in [-0.2, -0.15) is 0 Å². The molecule has 0 radical (unpaired) electrons. The van der Waals surface area contributed by atoms with E-state index >= 15 is 0 Å². The standard InChI is InChI=1S/C10H19F2N3/c11-9(12)5-14-10(6-13)3-4-15(7-10)8-1-2-8/h8-9,14H,1-7,13H2. The Hall–Kier alpha value is -0.260. The summed E-state index contributed by atoms with van der Waals surface area (Å²) in [5.41, 5.74) is 5.44. The van der Waals surface area contributed by atoms with Gasteiger partial charge in [-0.25, -0.2) is 8.78 Å². The van der Waals surface area contributed by atoms with Crippen molar-refractivity contribution >= 4 is 0 Å². The van der Waals surface area contributed by atoms with E-state index < -0.39 is 6.43 Å². The monoisotopic (exact) mass is 219 g/mol. The van der Waals surface area contributed by atoms with Gasteiger partial charge in [-0.05, 0) is 19.3 Å². The molecule has 0 bridgehead atoms. The van der Waals surface area contributed by atoms with Gasteiger partial charge in [0, 0.05) is 31.2 Å². The van der Waals surface area contributed by atoms with Gasteiger partial charge in [-0.1, -0.05) is 0 Å². The number of halogens is 2. The average Bonchev–Trinajstić information content (AvgIpc) is 2.97. The fourth-order valence-electron chi connectivity index (χ4n) is 2.33. The summed E-state index contributed by atoms with van der Waals surface area (Å²) < 4.78 is 24.3. The summed E-state index contributed by atoms with van der Waals surface area (Å²) in [6, 6.07) is 0.701. The summed E-state index contributed by atoms with van der Waals surface area (Å²) in [4.78, 5) is 2.38. The quantitative estimate of drug-likeness (QED) is 0.703. The number of hydrogen-bond acceptors (Lipinski definition) is 3. The van der Waals surface area contributed by atoms with E-state index in [1.54, 1.807) is 0 Å². The van der Waals surface area contributed by atoms with Crippen LogP contribution in [0, 0.1) is 0 Å². The largest absolute Gasteiger partial charge is 0.329 e. The Bertz CT molecular complexity index is 221. The van der Waals surface area contributed by atoms with Crippen molar-refractivity contribution < 1.29 is 8.78 Å². The minimum Gasteiger partial charge on any atom is -0.329 e. The maximum absolute atomic E-state index is 12.1. The van der Waals surface area contributed by atoms with E-state index in [1.807, 2.05) is 0 Å². The second kappa shape index (κ2) is 4.31. The van der Waals surface area contributed by atoms with Crippen molar-refractivity contribution in [3.63, 3.8) is 0 Å². The Morgan fingerprint density at radius 2 is 2.20 bits per heavy atom. The van der Waals surface area contributed by atoms with E-state index in [2.05, 4.69) is 10.2 Å². The average molecular weight is 219 g/mol. The normalized spacial score (nSPS) is 32.8. The van der Waals surface area contributed by atoms with E-state index in [0.29, 0.717) is 12.6 Å². The third-order valence-electron chi connectivity index (χ3n) is 3.47. The summed E-state index contributed by atoms with van der Waals surface area (Å²) in [6.45, 7) is 2.04. The lowest BCUT2D eigenvalue weighted by atomic mass is 9.99. The number of alkyl halides is 2. The molecule has 2 fully saturated rings. The van der Waals surface area contributed by atoms with E-state index in [1.165, 1.54) is 12.8 Å². The molecular formula is C10H19F2N3. The molecule has 1 heterocycles. The van der Waals surface area contributed by atoms with Gasteiger partial charge in [-0.3, -0.25) is 4.90 Å². The van der Waals surface area contributed by atoms with Crippen LogP contribution >= 0.6 is 0 Å². The van der Waals surface area contributed by atoms with Crippen molar-refractivity contribution in [3.8, 4) is 0 Å². The van der Waals surface area contributed by atoms with Crippen LogP contribution in [0.5, 0.6) is 0 Å². The Morgan fingerprint density at radius 3 is 2.73 bits per heavy atom. The van der Waals surface area contributed by atoms with Gasteiger partial charge in [0.25, 0.3) is 6.43 Å². The molecule has 15 heavy (non-hydrogen) atoms. The summed E-state index contributed by atoms with van der Waals surface area (Å²) in [5, 5.41) is 2.94. The Kier molecular flexibility index (Phi) is 3.23. The topological polar surface area (TPSA) is 41.3 Å². The number of rotatable bonds is 5. The molecule has 0 aromatic heterocycles. The van der Waals surface area contributed by atoms with Gasteiger partial charge in [-0.15, -0.1) is 0 Å². The molecule has 1 saturated carbocycles. The first kappa shape index (κ1) is 11.2. The highest BCUT2D eigenvalue weighted by molar-refractivity contribution is 5.02. The van der Waals surface area contributed by atoms with Gasteiger partial charge < -0.3 is 11.1 Å². The molecule has 0 aromatic carbocycles. The molecule has 0 aromatic rings. The van der Waals surface area contributed by atoms with Gasteiger partial charge in [0.15, 0.2) is 0 Å². The predicted molar refractivity (Wildman–Crippen MR) is 55.0 cm³/mol. The van der Waals surface area contributed by atoms with Gasteiger partial charge in [0.1, 0.15) is 0 Å². The fourth-order valence-corrected chi connectivity index (χ4v) is 2.33. The molecule has 0 amide bonds. The van der Waals surface area contributed by atoms with E-state index in [4.69, 9.17) is 5.73 Å². The second-order valence-corrected chi connectivity index (χ2v) is 4.71. The zero-order valence-corrected chi connectivity index (χ0v) is 8.88. The van der Waals surface area contributed by atoms with Crippen LogP contribution in [0.3, 0.4) is 0 Å². The molecule has 0 spiro atoms. The molecule has 1 saturated heterocycles. The van der Waals surface area contributed by atoms with Crippen LogP contribution in [0.4, 0.5) is 8.78 Å². The van der Waals surface area contributed by atoms with Crippen LogP contribution in [-0.4, -0.2) is 49.1 Å². The molecule has 1 unspecified atom stereocenters. The molecule has 88 valence electrons. The van der Waals surface area contributed by atoms with Crippen molar-refractivity contribution in [2.24, 2.45) is 5.73 Å². The maximum atomic E-state index is 12.1. The molecule has 2 aliphatic rings. The van der Waals surface area contributed by atoms with Gasteiger partial charge >= 0.3 is 0 Å². The van der Waals surface area contributed by atoms with Gasteiger partial charge in [0.05, 0.1) is 6.54 Å². The van der Waals surface area contributed by atoms with Crippen molar-refractivity contribution in [1.82, 2.24) is 10.2 Å².